The van der Waals surface area contributed by atoms with E-state index < -0.39 is 0 Å². The highest BCUT2D eigenvalue weighted by Gasteiger charge is 2.20. The van der Waals surface area contributed by atoms with E-state index >= 15 is 0 Å². The number of hydrogen-bond donors (Lipinski definition) is 0. The molecule has 0 fully saturated rings. The molecule has 0 saturated heterocycles. The molecule has 0 bridgehead atoms. The molecule has 0 aromatic heterocycles. The Kier molecular flexibility index (Phi) is 6.17. The van der Waals surface area contributed by atoms with E-state index in [1.807, 2.05) is 12.3 Å². The predicted octanol–water partition coefficient (Wildman–Crippen LogP) is 7.59. The van der Waals surface area contributed by atoms with Gasteiger partial charge in [0.2, 0.25) is 0 Å². The molecule has 0 aliphatic carbocycles. The average molecular weight is 399 g/mol. The first-order chi connectivity index (χ1) is 14.1. The zero-order valence-corrected chi connectivity index (χ0v) is 19.4. The fourth-order valence-electron chi connectivity index (χ4n) is 3.42. The van der Waals surface area contributed by atoms with Crippen molar-refractivity contribution in [2.45, 2.75) is 52.4 Å². The lowest BCUT2D eigenvalue weighted by molar-refractivity contribution is 0.569. The van der Waals surface area contributed by atoms with Gasteiger partial charge in [-0.05, 0) is 57.9 Å². The van der Waals surface area contributed by atoms with Crippen molar-refractivity contribution in [3.05, 3.63) is 89.7 Å². The molecule has 2 nitrogen and oxygen atoms in total. The second kappa shape index (κ2) is 8.47. The van der Waals surface area contributed by atoms with Gasteiger partial charge in [0.15, 0.2) is 0 Å². The molecule has 0 saturated carbocycles. The van der Waals surface area contributed by atoms with Crippen LogP contribution in [0.4, 0.5) is 11.4 Å². The number of nitrogens with zero attached hydrogens (tertiary/aromatic N) is 2. The normalized spacial score (nSPS) is 16.1. The first-order valence-corrected chi connectivity index (χ1v) is 10.6. The molecule has 0 unspecified atom stereocenters. The molecule has 0 radical (unpaired) electrons. The Hall–Kier alpha value is -2.87. The van der Waals surface area contributed by atoms with Gasteiger partial charge < -0.3 is 4.90 Å². The topological polar surface area (TPSA) is 15.6 Å². The Morgan fingerprint density at radius 2 is 1.47 bits per heavy atom. The summed E-state index contributed by atoms with van der Waals surface area (Å²) in [5.74, 6) is 0. The highest BCUT2D eigenvalue weighted by atomic mass is 15.1. The minimum atomic E-state index is 0.0969. The molecular weight excluding hydrogens is 364 g/mol. The van der Waals surface area contributed by atoms with Crippen LogP contribution in [0.1, 0.15) is 58.2 Å². The lowest BCUT2D eigenvalue weighted by Crippen LogP contribution is -2.16. The van der Waals surface area contributed by atoms with Crippen LogP contribution in [0.2, 0.25) is 0 Å². The fraction of sp³-hybridized carbons (Fsp3) is 0.321. The molecular formula is C28H34N2. The quantitative estimate of drug-likeness (QED) is 0.486. The molecule has 30 heavy (non-hydrogen) atoms. The number of aliphatic imine (C=N–C) groups is 1. The smallest absolute Gasteiger partial charge is 0.0635 e. The van der Waals surface area contributed by atoms with E-state index in [-0.39, 0.29) is 10.8 Å². The molecule has 0 atom stereocenters. The van der Waals surface area contributed by atoms with Crippen LogP contribution in [0.5, 0.6) is 0 Å². The summed E-state index contributed by atoms with van der Waals surface area (Å²) in [5.41, 5.74) is 7.52. The maximum Gasteiger partial charge on any atom is 0.0635 e. The van der Waals surface area contributed by atoms with E-state index in [2.05, 4.69) is 120 Å². The Bertz CT molecular complexity index is 989. The number of benzene rings is 2. The third-order valence-electron chi connectivity index (χ3n) is 5.42. The van der Waals surface area contributed by atoms with E-state index in [9.17, 15) is 0 Å². The molecule has 1 aliphatic heterocycles. The van der Waals surface area contributed by atoms with Gasteiger partial charge in [0.05, 0.1) is 5.69 Å². The van der Waals surface area contributed by atoms with Crippen LogP contribution in [0.25, 0.3) is 5.57 Å². The molecule has 1 heterocycles. The zero-order valence-electron chi connectivity index (χ0n) is 19.4. The summed E-state index contributed by atoms with van der Waals surface area (Å²) in [7, 11) is 2.08. The van der Waals surface area contributed by atoms with Crippen molar-refractivity contribution in [3.63, 3.8) is 0 Å². The minimum Gasteiger partial charge on any atom is -0.351 e. The standard InChI is InChI=1S/C28H34N2/c1-27(2,3)22-18-23(28(4,5)6)20-24(19-22)29-16-11-10-12-21-15-17-30(7)26-14-9-8-13-25(21)26/h8-20H,1-7H3. The summed E-state index contributed by atoms with van der Waals surface area (Å²) in [6.45, 7) is 13.5. The minimum absolute atomic E-state index is 0.0969. The third kappa shape index (κ3) is 5.18. The van der Waals surface area contributed by atoms with Crippen molar-refractivity contribution in [2.75, 3.05) is 11.9 Å². The van der Waals surface area contributed by atoms with Crippen molar-refractivity contribution < 1.29 is 0 Å². The predicted molar refractivity (Wildman–Crippen MR) is 133 cm³/mol. The van der Waals surface area contributed by atoms with Crippen LogP contribution >= 0.6 is 0 Å². The summed E-state index contributed by atoms with van der Waals surface area (Å²) in [4.78, 5) is 6.87. The van der Waals surface area contributed by atoms with E-state index in [0.29, 0.717) is 0 Å². The van der Waals surface area contributed by atoms with Gasteiger partial charge in [-0.15, -0.1) is 0 Å². The number of fused-ring (bicyclic) bond motifs is 1. The molecule has 156 valence electrons. The summed E-state index contributed by atoms with van der Waals surface area (Å²) in [6, 6.07) is 15.2. The average Bonchev–Trinajstić information content (AvgIpc) is 2.68. The summed E-state index contributed by atoms with van der Waals surface area (Å²) < 4.78 is 0. The molecule has 0 N–H and O–H groups in total. The monoisotopic (exact) mass is 398 g/mol. The molecule has 0 spiro atoms. The number of hydrogen-bond acceptors (Lipinski definition) is 2. The van der Waals surface area contributed by atoms with Crippen molar-refractivity contribution in [3.8, 4) is 0 Å². The Morgan fingerprint density at radius 1 is 0.833 bits per heavy atom. The number of rotatable bonds is 3. The van der Waals surface area contributed by atoms with Crippen LogP contribution < -0.4 is 4.90 Å². The first-order valence-electron chi connectivity index (χ1n) is 10.6. The largest absolute Gasteiger partial charge is 0.351 e. The summed E-state index contributed by atoms with van der Waals surface area (Å²) >= 11 is 0. The maximum atomic E-state index is 4.73. The number of anilines is 1. The SMILES string of the molecule is CN1C=CC(=CC=CC=Nc2cc(C(C)(C)C)cc(C(C)(C)C)c2)c2ccccc21. The van der Waals surface area contributed by atoms with Crippen molar-refractivity contribution in [1.29, 1.82) is 0 Å². The Balaban J connectivity index is 1.83. The highest BCUT2D eigenvalue weighted by Crippen LogP contribution is 2.33. The molecule has 3 rings (SSSR count). The molecule has 0 amide bonds. The van der Waals surface area contributed by atoms with Crippen molar-refractivity contribution in [1.82, 2.24) is 0 Å². The zero-order chi connectivity index (χ0) is 21.9. The third-order valence-corrected chi connectivity index (χ3v) is 5.42. The van der Waals surface area contributed by atoms with Gasteiger partial charge in [0, 0.05) is 30.7 Å². The van der Waals surface area contributed by atoms with Gasteiger partial charge in [-0.3, -0.25) is 4.99 Å². The van der Waals surface area contributed by atoms with Gasteiger partial charge in [-0.25, -0.2) is 0 Å². The van der Waals surface area contributed by atoms with Crippen LogP contribution in [0, 0.1) is 0 Å². The van der Waals surface area contributed by atoms with Gasteiger partial charge in [-0.2, -0.15) is 0 Å². The van der Waals surface area contributed by atoms with E-state index in [0.717, 1.165) is 5.69 Å². The Morgan fingerprint density at radius 3 is 2.10 bits per heavy atom. The molecule has 2 heteroatoms. The van der Waals surface area contributed by atoms with Crippen molar-refractivity contribution >= 4 is 23.2 Å². The van der Waals surface area contributed by atoms with Crippen LogP contribution in [-0.2, 0) is 10.8 Å². The van der Waals surface area contributed by atoms with Crippen LogP contribution in [-0.4, -0.2) is 13.3 Å². The van der Waals surface area contributed by atoms with E-state index in [1.165, 1.54) is 28.0 Å². The Labute approximate surface area is 182 Å². The second-order valence-electron chi connectivity index (χ2n) is 10.00. The highest BCUT2D eigenvalue weighted by molar-refractivity contribution is 5.87. The van der Waals surface area contributed by atoms with E-state index in [1.54, 1.807) is 0 Å². The summed E-state index contributed by atoms with van der Waals surface area (Å²) in [6.07, 6.45) is 12.3. The summed E-state index contributed by atoms with van der Waals surface area (Å²) in [5, 5.41) is 0. The lowest BCUT2D eigenvalue weighted by Gasteiger charge is -2.25. The second-order valence-corrected chi connectivity index (χ2v) is 10.00. The van der Waals surface area contributed by atoms with Crippen LogP contribution in [0.15, 0.2) is 78.0 Å². The van der Waals surface area contributed by atoms with Gasteiger partial charge in [-0.1, -0.05) is 78.0 Å². The molecule has 1 aliphatic rings. The van der Waals surface area contributed by atoms with Gasteiger partial charge >= 0.3 is 0 Å². The number of allylic oxidation sites excluding steroid dienone is 5. The van der Waals surface area contributed by atoms with E-state index in [4.69, 9.17) is 4.99 Å². The van der Waals surface area contributed by atoms with Gasteiger partial charge in [0.1, 0.15) is 0 Å². The van der Waals surface area contributed by atoms with Crippen LogP contribution in [0.3, 0.4) is 0 Å². The first kappa shape index (κ1) is 21.8. The number of para-hydroxylation sites is 1. The van der Waals surface area contributed by atoms with Gasteiger partial charge in [0.25, 0.3) is 0 Å². The molecule has 2 aromatic rings. The lowest BCUT2D eigenvalue weighted by atomic mass is 9.80. The van der Waals surface area contributed by atoms with Crippen molar-refractivity contribution in [2.24, 2.45) is 4.99 Å². The molecule has 2 aromatic carbocycles. The fourth-order valence-corrected chi connectivity index (χ4v) is 3.42. The maximum absolute atomic E-state index is 4.73.